The zero-order valence-corrected chi connectivity index (χ0v) is 14.1. The van der Waals surface area contributed by atoms with Crippen molar-refractivity contribution in [1.82, 2.24) is 9.97 Å². The van der Waals surface area contributed by atoms with E-state index in [0.29, 0.717) is 29.4 Å². The van der Waals surface area contributed by atoms with Crippen LogP contribution >= 0.6 is 0 Å². The fraction of sp³-hybridized carbons (Fsp3) is 0.368. The van der Waals surface area contributed by atoms with E-state index in [1.165, 1.54) is 0 Å². The molecule has 1 aliphatic rings. The van der Waals surface area contributed by atoms with E-state index in [9.17, 15) is 9.90 Å². The highest BCUT2D eigenvalue weighted by Gasteiger charge is 2.21. The van der Waals surface area contributed by atoms with E-state index < -0.39 is 0 Å². The number of carbonyl (C=O) groups excluding carboxylic acids is 1. The van der Waals surface area contributed by atoms with Gasteiger partial charge >= 0.3 is 0 Å². The second kappa shape index (κ2) is 7.31. The van der Waals surface area contributed by atoms with Gasteiger partial charge in [-0.05, 0) is 49.9 Å². The summed E-state index contributed by atoms with van der Waals surface area (Å²) in [6, 6.07) is 9.78. The molecule has 1 N–H and O–H groups in total. The van der Waals surface area contributed by atoms with Crippen LogP contribution in [0.15, 0.2) is 24.3 Å². The summed E-state index contributed by atoms with van der Waals surface area (Å²) in [6.07, 6.45) is 4.37. The molecule has 1 radical (unpaired) electrons. The SMILES string of the molecule is Cc1nc(CC2CCN(c3ccc(C#N)cc3)CC2)nc([C]=O)c1O. The molecule has 6 nitrogen and oxygen atoms in total. The van der Waals surface area contributed by atoms with Crippen molar-refractivity contribution in [3.05, 3.63) is 47.0 Å². The minimum Gasteiger partial charge on any atom is -0.504 e. The maximum atomic E-state index is 10.9. The second-order valence-corrected chi connectivity index (χ2v) is 6.32. The van der Waals surface area contributed by atoms with Crippen molar-refractivity contribution in [2.75, 3.05) is 18.0 Å². The van der Waals surface area contributed by atoms with Crippen molar-refractivity contribution in [2.45, 2.75) is 26.2 Å². The van der Waals surface area contributed by atoms with Crippen LogP contribution in [0.3, 0.4) is 0 Å². The molecule has 1 saturated heterocycles. The van der Waals surface area contributed by atoms with Gasteiger partial charge in [0.1, 0.15) is 5.82 Å². The van der Waals surface area contributed by atoms with Gasteiger partial charge in [-0.25, -0.2) is 9.97 Å². The first-order valence-corrected chi connectivity index (χ1v) is 8.30. The van der Waals surface area contributed by atoms with Crippen molar-refractivity contribution >= 4 is 12.0 Å². The summed E-state index contributed by atoms with van der Waals surface area (Å²) >= 11 is 0. The first-order valence-electron chi connectivity index (χ1n) is 8.30. The highest BCUT2D eigenvalue weighted by atomic mass is 16.3. The van der Waals surface area contributed by atoms with Gasteiger partial charge in [-0.15, -0.1) is 0 Å². The van der Waals surface area contributed by atoms with Crippen LogP contribution in [0.4, 0.5) is 5.69 Å². The molecule has 1 aliphatic heterocycles. The fourth-order valence-electron chi connectivity index (χ4n) is 3.19. The Labute approximate surface area is 146 Å². The molecule has 0 unspecified atom stereocenters. The van der Waals surface area contributed by atoms with Crippen LogP contribution in [0.5, 0.6) is 5.75 Å². The molecule has 0 bridgehead atoms. The monoisotopic (exact) mass is 335 g/mol. The molecule has 0 atom stereocenters. The molecular weight excluding hydrogens is 316 g/mol. The van der Waals surface area contributed by atoms with Gasteiger partial charge in [-0.2, -0.15) is 5.26 Å². The lowest BCUT2D eigenvalue weighted by atomic mass is 9.92. The van der Waals surface area contributed by atoms with Gasteiger partial charge in [0.15, 0.2) is 11.4 Å². The van der Waals surface area contributed by atoms with Crippen molar-refractivity contribution in [3.8, 4) is 11.8 Å². The number of piperidine rings is 1. The summed E-state index contributed by atoms with van der Waals surface area (Å²) in [5.74, 6) is 0.845. The molecule has 1 fully saturated rings. The molecule has 6 heteroatoms. The number of benzene rings is 1. The lowest BCUT2D eigenvalue weighted by molar-refractivity contribution is 0.394. The Hall–Kier alpha value is -2.94. The molecule has 1 aromatic heterocycles. The van der Waals surface area contributed by atoms with Crippen LogP contribution in [-0.4, -0.2) is 34.5 Å². The largest absolute Gasteiger partial charge is 0.504 e. The van der Waals surface area contributed by atoms with E-state index in [1.807, 2.05) is 24.3 Å². The Morgan fingerprint density at radius 2 is 1.92 bits per heavy atom. The summed E-state index contributed by atoms with van der Waals surface area (Å²) in [4.78, 5) is 21.6. The Morgan fingerprint density at radius 1 is 1.24 bits per heavy atom. The smallest absolute Gasteiger partial charge is 0.257 e. The molecule has 0 aliphatic carbocycles. The van der Waals surface area contributed by atoms with Crippen LogP contribution < -0.4 is 4.90 Å². The molecule has 0 spiro atoms. The topological polar surface area (TPSA) is 90.1 Å². The first kappa shape index (κ1) is 16.9. The minimum absolute atomic E-state index is 0.0579. The Kier molecular flexibility index (Phi) is 4.94. The molecule has 1 aromatic carbocycles. The summed E-state index contributed by atoms with van der Waals surface area (Å²) in [6.45, 7) is 3.52. The van der Waals surface area contributed by atoms with Crippen molar-refractivity contribution in [1.29, 1.82) is 5.26 Å². The number of nitrogens with zero attached hydrogens (tertiary/aromatic N) is 4. The van der Waals surface area contributed by atoms with Gasteiger partial charge in [-0.1, -0.05) is 0 Å². The third-order valence-corrected chi connectivity index (χ3v) is 4.65. The van der Waals surface area contributed by atoms with E-state index in [0.717, 1.165) is 31.6 Å². The molecule has 2 heterocycles. The van der Waals surface area contributed by atoms with Gasteiger partial charge in [0.05, 0.1) is 17.3 Å². The Morgan fingerprint density at radius 3 is 2.52 bits per heavy atom. The van der Waals surface area contributed by atoms with E-state index in [1.54, 1.807) is 13.2 Å². The number of aromatic hydroxyl groups is 1. The highest BCUT2D eigenvalue weighted by Crippen LogP contribution is 2.26. The maximum Gasteiger partial charge on any atom is 0.257 e. The molecule has 3 rings (SSSR count). The minimum atomic E-state index is -0.186. The van der Waals surface area contributed by atoms with E-state index in [-0.39, 0.29) is 11.4 Å². The highest BCUT2D eigenvalue weighted by molar-refractivity contribution is 5.76. The fourth-order valence-corrected chi connectivity index (χ4v) is 3.19. The number of aromatic nitrogens is 2. The first-order chi connectivity index (χ1) is 12.1. The van der Waals surface area contributed by atoms with E-state index in [2.05, 4.69) is 20.9 Å². The molecular formula is C19H19N4O2. The molecule has 25 heavy (non-hydrogen) atoms. The summed E-state index contributed by atoms with van der Waals surface area (Å²) in [5.41, 5.74) is 2.16. The normalized spacial score (nSPS) is 15.0. The van der Waals surface area contributed by atoms with Crippen molar-refractivity contribution in [2.24, 2.45) is 5.92 Å². The lowest BCUT2D eigenvalue weighted by Crippen LogP contribution is -2.34. The van der Waals surface area contributed by atoms with Gasteiger partial charge in [0.2, 0.25) is 0 Å². The number of nitriles is 1. The number of anilines is 1. The van der Waals surface area contributed by atoms with Crippen molar-refractivity contribution < 1.29 is 9.90 Å². The Balaban J connectivity index is 1.62. The second-order valence-electron chi connectivity index (χ2n) is 6.32. The average molecular weight is 335 g/mol. The van der Waals surface area contributed by atoms with Crippen LogP contribution in [0.25, 0.3) is 0 Å². The summed E-state index contributed by atoms with van der Waals surface area (Å²) in [7, 11) is 0. The number of aryl methyl sites for hydroxylation is 1. The van der Waals surface area contributed by atoms with E-state index >= 15 is 0 Å². The number of hydrogen-bond acceptors (Lipinski definition) is 6. The van der Waals surface area contributed by atoms with Crippen LogP contribution in [-0.2, 0) is 11.2 Å². The lowest BCUT2D eigenvalue weighted by Gasteiger charge is -2.33. The van der Waals surface area contributed by atoms with Gasteiger partial charge in [0.25, 0.3) is 6.29 Å². The molecule has 127 valence electrons. The van der Waals surface area contributed by atoms with Crippen molar-refractivity contribution in [3.63, 3.8) is 0 Å². The third-order valence-electron chi connectivity index (χ3n) is 4.65. The summed E-state index contributed by atoms with van der Waals surface area (Å²) in [5, 5.41) is 18.6. The van der Waals surface area contributed by atoms with Gasteiger partial charge in [0, 0.05) is 25.2 Å². The number of hydrogen-bond donors (Lipinski definition) is 1. The molecule has 2 aromatic rings. The molecule has 0 amide bonds. The predicted octanol–water partition coefficient (Wildman–Crippen LogP) is 2.28. The zero-order valence-electron chi connectivity index (χ0n) is 14.1. The van der Waals surface area contributed by atoms with Crippen LogP contribution in [0, 0.1) is 24.2 Å². The average Bonchev–Trinajstić information content (AvgIpc) is 2.65. The summed E-state index contributed by atoms with van der Waals surface area (Å²) < 4.78 is 0. The van der Waals surface area contributed by atoms with Gasteiger partial charge < -0.3 is 10.0 Å². The quantitative estimate of drug-likeness (QED) is 0.922. The van der Waals surface area contributed by atoms with E-state index in [4.69, 9.17) is 5.26 Å². The maximum absolute atomic E-state index is 10.9. The standard InChI is InChI=1S/C19H19N4O2/c1-13-19(25)17(12-24)22-18(21-13)10-14-6-8-23(9-7-14)16-4-2-15(11-20)3-5-16/h2-5,14,25H,6-10H2,1H3. The van der Waals surface area contributed by atoms with Crippen LogP contribution in [0.2, 0.25) is 0 Å². The number of rotatable bonds is 4. The Bertz CT molecular complexity index is 803. The van der Waals surface area contributed by atoms with Gasteiger partial charge in [-0.3, -0.25) is 4.79 Å². The van der Waals surface area contributed by atoms with Crippen LogP contribution in [0.1, 0.15) is 35.6 Å². The predicted molar refractivity (Wildman–Crippen MR) is 93.0 cm³/mol. The zero-order chi connectivity index (χ0) is 17.8. The third kappa shape index (κ3) is 3.77. The molecule has 0 saturated carbocycles.